The number of hydrogen-bond donors (Lipinski definition) is 3. The molecule has 1 amide bonds. The summed E-state index contributed by atoms with van der Waals surface area (Å²) in [6, 6.07) is 1.99. The molecule has 2 fully saturated rings. The lowest BCUT2D eigenvalue weighted by atomic mass is 9.81. The molecule has 0 atom stereocenters. The van der Waals surface area contributed by atoms with Crippen LogP contribution in [0, 0.1) is 5.92 Å². The summed E-state index contributed by atoms with van der Waals surface area (Å²) in [7, 11) is 0. The van der Waals surface area contributed by atoms with Gasteiger partial charge in [-0.3, -0.25) is 14.5 Å². The average molecular weight is 366 g/mol. The predicted molar refractivity (Wildman–Crippen MR) is 98.4 cm³/mol. The van der Waals surface area contributed by atoms with Crippen molar-refractivity contribution >= 4 is 16.8 Å². The maximum absolute atomic E-state index is 12.9. The first-order chi connectivity index (χ1) is 13.1. The molecule has 2 aliphatic carbocycles. The Morgan fingerprint density at radius 2 is 2.11 bits per heavy atom. The molecule has 0 bridgehead atoms. The maximum atomic E-state index is 12.9. The minimum Gasteiger partial charge on any atom is -0.390 e. The number of amides is 1. The standard InChI is InChI=1S/C19H22N6O2/c26-18(22-14-3-1-13(2-4-14)19(27)5-6-19)17-16-12(10-21-24-16)9-15(23-17)25-8-7-20-11-25/h7-11,13-14,27H,1-6H2,(H,21,24)(H,22,26). The summed E-state index contributed by atoms with van der Waals surface area (Å²) in [5, 5.41) is 21.2. The van der Waals surface area contributed by atoms with Gasteiger partial charge in [-0.25, -0.2) is 9.97 Å². The lowest BCUT2D eigenvalue weighted by Crippen LogP contribution is -2.40. The normalized spacial score (nSPS) is 24.0. The SMILES string of the molecule is O=C(NC1CCC(C2(O)CC2)CC1)c1nc(-n2ccnc2)cc2cn[nH]c12. The first-order valence-corrected chi connectivity index (χ1v) is 9.48. The Morgan fingerprint density at radius 3 is 2.81 bits per heavy atom. The Hall–Kier alpha value is -2.74. The Balaban J connectivity index is 1.35. The highest BCUT2D eigenvalue weighted by Gasteiger charge is 2.48. The van der Waals surface area contributed by atoms with E-state index in [1.807, 2.05) is 6.07 Å². The number of hydrogen-bond acceptors (Lipinski definition) is 5. The number of rotatable bonds is 4. The summed E-state index contributed by atoms with van der Waals surface area (Å²) in [5.41, 5.74) is 0.562. The topological polar surface area (TPSA) is 109 Å². The predicted octanol–water partition coefficient (Wildman–Crippen LogP) is 1.96. The molecule has 5 rings (SSSR count). The summed E-state index contributed by atoms with van der Waals surface area (Å²) >= 11 is 0. The molecule has 3 aromatic heterocycles. The van der Waals surface area contributed by atoms with Crippen molar-refractivity contribution in [1.29, 1.82) is 0 Å². The molecule has 140 valence electrons. The first kappa shape index (κ1) is 16.4. The molecule has 0 spiro atoms. The summed E-state index contributed by atoms with van der Waals surface area (Å²) in [6.07, 6.45) is 12.4. The largest absolute Gasteiger partial charge is 0.390 e. The van der Waals surface area contributed by atoms with Crippen molar-refractivity contribution in [2.75, 3.05) is 0 Å². The first-order valence-electron chi connectivity index (χ1n) is 9.48. The zero-order valence-electron chi connectivity index (χ0n) is 14.9. The van der Waals surface area contributed by atoms with E-state index in [-0.39, 0.29) is 11.9 Å². The summed E-state index contributed by atoms with van der Waals surface area (Å²) in [4.78, 5) is 21.5. The lowest BCUT2D eigenvalue weighted by Gasteiger charge is -2.32. The third-order valence-electron chi connectivity index (χ3n) is 5.99. The molecule has 0 aromatic carbocycles. The zero-order chi connectivity index (χ0) is 18.4. The van der Waals surface area contributed by atoms with Crippen LogP contribution in [0.15, 0.2) is 31.0 Å². The van der Waals surface area contributed by atoms with E-state index in [0.717, 1.165) is 43.9 Å². The number of pyridine rings is 1. The van der Waals surface area contributed by atoms with Gasteiger partial charge >= 0.3 is 0 Å². The molecule has 2 aliphatic rings. The van der Waals surface area contributed by atoms with Gasteiger partial charge in [-0.05, 0) is 50.5 Å². The molecule has 27 heavy (non-hydrogen) atoms. The van der Waals surface area contributed by atoms with E-state index in [2.05, 4.69) is 25.5 Å². The van der Waals surface area contributed by atoms with Gasteiger partial charge in [-0.15, -0.1) is 0 Å². The van der Waals surface area contributed by atoms with Gasteiger partial charge in [-0.2, -0.15) is 5.10 Å². The van der Waals surface area contributed by atoms with Gasteiger partial charge in [0.05, 0.1) is 17.3 Å². The third kappa shape index (κ3) is 2.99. The van der Waals surface area contributed by atoms with Crippen LogP contribution < -0.4 is 5.32 Å². The maximum Gasteiger partial charge on any atom is 0.272 e. The molecule has 0 radical (unpaired) electrons. The number of carbonyl (C=O) groups excluding carboxylic acids is 1. The van der Waals surface area contributed by atoms with Crippen molar-refractivity contribution in [2.24, 2.45) is 5.92 Å². The van der Waals surface area contributed by atoms with Crippen molar-refractivity contribution in [1.82, 2.24) is 30.0 Å². The van der Waals surface area contributed by atoms with Gasteiger partial charge in [0.1, 0.15) is 12.1 Å². The molecular weight excluding hydrogens is 344 g/mol. The van der Waals surface area contributed by atoms with Gasteiger partial charge in [0.25, 0.3) is 5.91 Å². The Kier molecular flexibility index (Phi) is 3.75. The lowest BCUT2D eigenvalue weighted by molar-refractivity contribution is 0.0541. The van der Waals surface area contributed by atoms with Crippen LogP contribution in [-0.4, -0.2) is 47.4 Å². The minimum absolute atomic E-state index is 0.118. The van der Waals surface area contributed by atoms with Crippen LogP contribution in [0.1, 0.15) is 49.0 Å². The smallest absolute Gasteiger partial charge is 0.272 e. The summed E-state index contributed by atoms with van der Waals surface area (Å²) in [5.74, 6) is 0.818. The highest BCUT2D eigenvalue weighted by Crippen LogP contribution is 2.48. The molecule has 2 saturated carbocycles. The van der Waals surface area contributed by atoms with E-state index < -0.39 is 5.60 Å². The Bertz CT molecular complexity index is 967. The van der Waals surface area contributed by atoms with Gasteiger partial charge in [0, 0.05) is 23.8 Å². The highest BCUT2D eigenvalue weighted by atomic mass is 16.3. The number of nitrogens with zero attached hydrogens (tertiary/aromatic N) is 4. The van der Waals surface area contributed by atoms with Crippen molar-refractivity contribution in [3.05, 3.63) is 36.7 Å². The highest BCUT2D eigenvalue weighted by molar-refractivity contribution is 6.04. The van der Waals surface area contributed by atoms with E-state index in [1.165, 1.54) is 0 Å². The molecule has 8 heteroatoms. The fourth-order valence-electron chi connectivity index (χ4n) is 4.19. The number of aliphatic hydroxyl groups is 1. The number of aromatic nitrogens is 5. The number of aromatic amines is 1. The monoisotopic (exact) mass is 366 g/mol. The van der Waals surface area contributed by atoms with Crippen LogP contribution >= 0.6 is 0 Å². The number of imidazole rings is 1. The van der Waals surface area contributed by atoms with Crippen LogP contribution in [0.3, 0.4) is 0 Å². The van der Waals surface area contributed by atoms with E-state index in [0.29, 0.717) is 22.9 Å². The van der Waals surface area contributed by atoms with Crippen LogP contribution in [0.2, 0.25) is 0 Å². The van der Waals surface area contributed by atoms with Crippen molar-refractivity contribution in [3.8, 4) is 5.82 Å². The molecular formula is C19H22N6O2. The van der Waals surface area contributed by atoms with Gasteiger partial charge < -0.3 is 10.4 Å². The Labute approximate surface area is 156 Å². The number of nitrogens with one attached hydrogen (secondary N) is 2. The molecule has 3 N–H and O–H groups in total. The number of carbonyl (C=O) groups is 1. The van der Waals surface area contributed by atoms with Gasteiger partial charge in [0.2, 0.25) is 0 Å². The van der Waals surface area contributed by atoms with E-state index >= 15 is 0 Å². The van der Waals surface area contributed by atoms with Crippen LogP contribution in [0.25, 0.3) is 16.7 Å². The zero-order valence-corrected chi connectivity index (χ0v) is 14.9. The van der Waals surface area contributed by atoms with Gasteiger partial charge in [-0.1, -0.05) is 0 Å². The quantitative estimate of drug-likeness (QED) is 0.654. The minimum atomic E-state index is -0.419. The second kappa shape index (κ2) is 6.16. The summed E-state index contributed by atoms with van der Waals surface area (Å²) in [6.45, 7) is 0. The Morgan fingerprint density at radius 1 is 1.30 bits per heavy atom. The molecule has 8 nitrogen and oxygen atoms in total. The molecule has 0 aliphatic heterocycles. The third-order valence-corrected chi connectivity index (χ3v) is 5.99. The van der Waals surface area contributed by atoms with Crippen LogP contribution in [-0.2, 0) is 0 Å². The second-order valence-corrected chi connectivity index (χ2v) is 7.76. The number of H-pyrrole nitrogens is 1. The molecule has 3 aromatic rings. The summed E-state index contributed by atoms with van der Waals surface area (Å²) < 4.78 is 1.77. The van der Waals surface area contributed by atoms with E-state index in [1.54, 1.807) is 29.5 Å². The van der Waals surface area contributed by atoms with E-state index in [9.17, 15) is 9.90 Å². The van der Waals surface area contributed by atoms with Crippen LogP contribution in [0.4, 0.5) is 0 Å². The van der Waals surface area contributed by atoms with Crippen molar-refractivity contribution in [2.45, 2.75) is 50.2 Å². The molecule has 0 saturated heterocycles. The molecule has 3 heterocycles. The molecule has 0 unspecified atom stereocenters. The van der Waals surface area contributed by atoms with Gasteiger partial charge in [0.15, 0.2) is 5.69 Å². The average Bonchev–Trinajstić information content (AvgIpc) is 3.08. The van der Waals surface area contributed by atoms with Crippen molar-refractivity contribution < 1.29 is 9.90 Å². The fourth-order valence-corrected chi connectivity index (χ4v) is 4.19. The van der Waals surface area contributed by atoms with Crippen LogP contribution in [0.5, 0.6) is 0 Å². The van der Waals surface area contributed by atoms with Crippen molar-refractivity contribution in [3.63, 3.8) is 0 Å². The van der Waals surface area contributed by atoms with E-state index in [4.69, 9.17) is 0 Å². The number of fused-ring (bicyclic) bond motifs is 1. The fraction of sp³-hybridized carbons (Fsp3) is 0.474. The second-order valence-electron chi connectivity index (χ2n) is 7.76.